The van der Waals surface area contributed by atoms with E-state index in [4.69, 9.17) is 27.8 Å². The Balaban J connectivity index is 0.00000256. The Morgan fingerprint density at radius 2 is 1.73 bits per heavy atom. The van der Waals surface area contributed by atoms with E-state index in [0.29, 0.717) is 22.2 Å². The average Bonchev–Trinajstić information content (AvgIpc) is 2.64. The van der Waals surface area contributed by atoms with Crippen molar-refractivity contribution < 1.29 is 4.74 Å². The van der Waals surface area contributed by atoms with E-state index in [9.17, 15) is 0 Å². The number of hydrogen-bond donors (Lipinski definition) is 2. The van der Waals surface area contributed by atoms with Gasteiger partial charge in [0, 0.05) is 5.02 Å². The fourth-order valence-electron chi connectivity index (χ4n) is 3.38. The highest BCUT2D eigenvalue weighted by molar-refractivity contribution is 9.10. The van der Waals surface area contributed by atoms with Gasteiger partial charge in [-0.1, -0.05) is 41.9 Å². The van der Waals surface area contributed by atoms with Gasteiger partial charge in [-0.05, 0) is 64.8 Å². The molecule has 3 aromatic carbocycles. The van der Waals surface area contributed by atoms with Crippen LogP contribution in [0.4, 0.5) is 5.69 Å². The highest BCUT2D eigenvalue weighted by Crippen LogP contribution is 2.42. The van der Waals surface area contributed by atoms with Gasteiger partial charge in [0.05, 0.1) is 10.2 Å². The minimum atomic E-state index is -0.765. The number of benzene rings is 3. The molecular weight excluding hydrogens is 489 g/mol. The third-order valence-electron chi connectivity index (χ3n) is 4.60. The van der Waals surface area contributed by atoms with Gasteiger partial charge in [0.15, 0.2) is 5.75 Å². The smallest absolute Gasteiger partial charge is 0.220 e. The Bertz CT molecular complexity index is 1180. The lowest BCUT2D eigenvalue weighted by atomic mass is 10.1. The lowest BCUT2D eigenvalue weighted by molar-refractivity contribution is 0.470. The second-order valence-corrected chi connectivity index (χ2v) is 8.31. The molecule has 9 heteroatoms. The lowest BCUT2D eigenvalue weighted by Gasteiger charge is -2.39. The van der Waals surface area contributed by atoms with Crippen molar-refractivity contribution in [2.45, 2.75) is 19.5 Å². The van der Waals surface area contributed by atoms with Crippen LogP contribution in [0.2, 0.25) is 5.02 Å². The topological polar surface area (TPSA) is 89.2 Å². The summed E-state index contributed by atoms with van der Waals surface area (Å²) in [7, 11) is 0. The summed E-state index contributed by atoms with van der Waals surface area (Å²) in [4.78, 5) is 10.3. The number of anilines is 1. The maximum atomic E-state index is 6.29. The molecule has 0 unspecified atom stereocenters. The fraction of sp³-hybridized carbons (Fsp3) is 0.143. The predicted octanol–water partition coefficient (Wildman–Crippen LogP) is 5.66. The van der Waals surface area contributed by atoms with Crippen LogP contribution in [0.25, 0.3) is 10.8 Å². The first-order chi connectivity index (χ1) is 13.8. The van der Waals surface area contributed by atoms with E-state index in [1.54, 1.807) is 23.1 Å². The van der Waals surface area contributed by atoms with Gasteiger partial charge >= 0.3 is 0 Å². The number of ether oxygens (including phenoxy) is 1. The van der Waals surface area contributed by atoms with Crippen LogP contribution in [0.1, 0.15) is 13.8 Å². The maximum Gasteiger partial charge on any atom is 0.220 e. The van der Waals surface area contributed by atoms with Gasteiger partial charge in [0.1, 0.15) is 11.4 Å². The Morgan fingerprint density at radius 3 is 2.47 bits per heavy atom. The number of guanidine groups is 2. The molecule has 0 aliphatic carbocycles. The zero-order chi connectivity index (χ0) is 20.8. The minimum absolute atomic E-state index is 0. The molecule has 0 amide bonds. The van der Waals surface area contributed by atoms with E-state index in [1.165, 1.54) is 0 Å². The molecule has 0 saturated carbocycles. The molecule has 0 fully saturated rings. The van der Waals surface area contributed by atoms with Gasteiger partial charge < -0.3 is 16.2 Å². The second-order valence-electron chi connectivity index (χ2n) is 7.08. The average molecular weight is 509 g/mol. The van der Waals surface area contributed by atoms with Crippen LogP contribution in [0, 0.1) is 0 Å². The predicted molar refractivity (Wildman–Crippen MR) is 130 cm³/mol. The molecule has 0 spiro atoms. The number of aliphatic imine (C=N–C) groups is 2. The Kier molecular flexibility index (Phi) is 6.17. The van der Waals surface area contributed by atoms with E-state index in [-0.39, 0.29) is 24.3 Å². The van der Waals surface area contributed by atoms with Crippen LogP contribution in [0.15, 0.2) is 69.1 Å². The molecule has 0 saturated heterocycles. The largest absolute Gasteiger partial charge is 0.454 e. The molecule has 0 atom stereocenters. The molecule has 1 aliphatic heterocycles. The molecule has 156 valence electrons. The van der Waals surface area contributed by atoms with E-state index in [0.717, 1.165) is 15.2 Å². The molecule has 0 radical (unpaired) electrons. The summed E-state index contributed by atoms with van der Waals surface area (Å²) in [6.45, 7) is 3.77. The number of fused-ring (bicyclic) bond motifs is 1. The van der Waals surface area contributed by atoms with Crippen LogP contribution in [-0.2, 0) is 0 Å². The number of rotatable bonds is 3. The normalized spacial score (nSPS) is 15.3. The second kappa shape index (κ2) is 8.34. The summed E-state index contributed by atoms with van der Waals surface area (Å²) in [6.07, 6.45) is 0. The van der Waals surface area contributed by atoms with E-state index in [1.807, 2.05) is 50.2 Å². The molecule has 3 aromatic rings. The Morgan fingerprint density at radius 1 is 1.03 bits per heavy atom. The van der Waals surface area contributed by atoms with Crippen LogP contribution in [-0.4, -0.2) is 17.6 Å². The number of nitrogens with two attached hydrogens (primary N) is 2. The monoisotopic (exact) mass is 507 g/mol. The van der Waals surface area contributed by atoms with Crippen molar-refractivity contribution in [3.8, 4) is 11.5 Å². The summed E-state index contributed by atoms with van der Waals surface area (Å²) in [6, 6.07) is 17.3. The molecule has 6 nitrogen and oxygen atoms in total. The SMILES string of the molecule is CC1(C)N=C(N)N=C(N)N1c1cc(Cl)ccc1Oc1ccc2ccccc2c1Br.Cl. The number of halogens is 3. The lowest BCUT2D eigenvalue weighted by Crippen LogP contribution is -2.54. The third kappa shape index (κ3) is 4.05. The molecule has 1 aliphatic rings. The van der Waals surface area contributed by atoms with Gasteiger partial charge in [0.25, 0.3) is 0 Å². The summed E-state index contributed by atoms with van der Waals surface area (Å²) in [5.74, 6) is 1.57. The first-order valence-corrected chi connectivity index (χ1v) is 10.1. The molecule has 30 heavy (non-hydrogen) atoms. The van der Waals surface area contributed by atoms with Gasteiger partial charge in [-0.2, -0.15) is 4.99 Å². The van der Waals surface area contributed by atoms with Gasteiger partial charge in [0.2, 0.25) is 11.9 Å². The highest BCUT2D eigenvalue weighted by atomic mass is 79.9. The Labute approximate surface area is 194 Å². The van der Waals surface area contributed by atoms with Crippen LogP contribution in [0.5, 0.6) is 11.5 Å². The van der Waals surface area contributed by atoms with E-state index in [2.05, 4.69) is 25.9 Å². The first kappa shape index (κ1) is 22.2. The minimum Gasteiger partial charge on any atom is -0.454 e. The highest BCUT2D eigenvalue weighted by Gasteiger charge is 2.35. The van der Waals surface area contributed by atoms with Crippen molar-refractivity contribution in [2.75, 3.05) is 4.90 Å². The number of hydrogen-bond acceptors (Lipinski definition) is 6. The summed E-state index contributed by atoms with van der Waals surface area (Å²) < 4.78 is 7.15. The van der Waals surface area contributed by atoms with E-state index < -0.39 is 5.66 Å². The standard InChI is InChI=1S/C21H19BrClN5O.ClH/c1-21(2)27-19(24)26-20(25)28(21)15-11-13(23)8-10-16(15)29-17-9-7-12-5-3-4-6-14(12)18(17)22;/h3-11H,1-2H3,(H4,24,25,26,27);1H. The summed E-state index contributed by atoms with van der Waals surface area (Å²) in [5, 5.41) is 2.70. The Hall–Kier alpha value is -2.48. The molecular formula is C21H20BrCl2N5O. The molecule has 0 aromatic heterocycles. The third-order valence-corrected chi connectivity index (χ3v) is 5.66. The van der Waals surface area contributed by atoms with E-state index >= 15 is 0 Å². The van der Waals surface area contributed by atoms with Crippen LogP contribution >= 0.6 is 39.9 Å². The van der Waals surface area contributed by atoms with Crippen LogP contribution in [0.3, 0.4) is 0 Å². The van der Waals surface area contributed by atoms with Crippen molar-refractivity contribution in [1.82, 2.24) is 0 Å². The molecule has 1 heterocycles. The van der Waals surface area contributed by atoms with Gasteiger partial charge in [-0.15, -0.1) is 12.4 Å². The summed E-state index contributed by atoms with van der Waals surface area (Å²) in [5.41, 5.74) is 11.9. The summed E-state index contributed by atoms with van der Waals surface area (Å²) >= 11 is 9.95. The van der Waals surface area contributed by atoms with Crippen LogP contribution < -0.4 is 21.1 Å². The van der Waals surface area contributed by atoms with Crippen molar-refractivity contribution >= 4 is 68.3 Å². The first-order valence-electron chi connectivity index (χ1n) is 8.90. The molecule has 4 rings (SSSR count). The molecule has 0 bridgehead atoms. The zero-order valence-electron chi connectivity index (χ0n) is 16.3. The van der Waals surface area contributed by atoms with Crippen molar-refractivity contribution in [1.29, 1.82) is 0 Å². The van der Waals surface area contributed by atoms with Crippen molar-refractivity contribution in [2.24, 2.45) is 21.5 Å². The van der Waals surface area contributed by atoms with Gasteiger partial charge in [-0.25, -0.2) is 4.99 Å². The fourth-order valence-corrected chi connectivity index (χ4v) is 4.12. The molecule has 4 N–H and O–H groups in total. The quantitative estimate of drug-likeness (QED) is 0.478. The maximum absolute atomic E-state index is 6.29. The van der Waals surface area contributed by atoms with Gasteiger partial charge in [-0.3, -0.25) is 4.90 Å². The van der Waals surface area contributed by atoms with Crippen molar-refractivity contribution in [3.05, 3.63) is 64.1 Å². The zero-order valence-corrected chi connectivity index (χ0v) is 19.4. The number of nitrogens with zero attached hydrogens (tertiary/aromatic N) is 3. The van der Waals surface area contributed by atoms with Crippen molar-refractivity contribution in [3.63, 3.8) is 0 Å².